The molecular weight excluding hydrogens is 379 g/mol. The monoisotopic (exact) mass is 397 g/mol. The number of halogens is 3. The van der Waals surface area contributed by atoms with Crippen molar-refractivity contribution in [3.63, 3.8) is 0 Å². The first-order valence-electron chi connectivity index (χ1n) is 9.30. The number of carbonyl (C=O) groups is 1. The fourth-order valence-corrected chi connectivity index (χ4v) is 3.55. The molecule has 1 unspecified atom stereocenters. The molecule has 1 aliphatic carbocycles. The molecule has 0 aliphatic heterocycles. The minimum absolute atomic E-state index is 0.248. The maximum atomic E-state index is 13.1. The number of fused-ring (bicyclic) bond motifs is 1. The van der Waals surface area contributed by atoms with Crippen LogP contribution < -0.4 is 5.32 Å². The maximum absolute atomic E-state index is 13.1. The molecule has 0 fully saturated rings. The number of aryl methyl sites for hydroxylation is 1. The highest BCUT2D eigenvalue weighted by Gasteiger charge is 2.31. The molecule has 1 atom stereocenters. The molecule has 4 nitrogen and oxygen atoms in total. The summed E-state index contributed by atoms with van der Waals surface area (Å²) in [6, 6.07) is 11.8. The normalized spacial score (nSPS) is 16.2. The number of amides is 1. The summed E-state index contributed by atoms with van der Waals surface area (Å²) in [4.78, 5) is 21.1. The average Bonchev–Trinajstić information content (AvgIpc) is 2.74. The van der Waals surface area contributed by atoms with Crippen LogP contribution >= 0.6 is 0 Å². The Balaban J connectivity index is 1.65. The largest absolute Gasteiger partial charge is 0.416 e. The van der Waals surface area contributed by atoms with E-state index in [4.69, 9.17) is 0 Å². The van der Waals surface area contributed by atoms with Crippen LogP contribution in [0.3, 0.4) is 0 Å². The van der Waals surface area contributed by atoms with Crippen LogP contribution in [0.25, 0.3) is 11.3 Å². The zero-order chi connectivity index (χ0) is 20.4. The molecule has 0 bridgehead atoms. The maximum Gasteiger partial charge on any atom is 0.416 e. The number of rotatable bonds is 3. The second kappa shape index (κ2) is 7.66. The Hall–Kier alpha value is -3.22. The molecule has 7 heteroatoms. The van der Waals surface area contributed by atoms with Crippen LogP contribution in [-0.2, 0) is 12.6 Å². The fourth-order valence-electron chi connectivity index (χ4n) is 3.55. The molecule has 1 N–H and O–H groups in total. The third kappa shape index (κ3) is 4.13. The summed E-state index contributed by atoms with van der Waals surface area (Å²) in [5.41, 5.74) is 2.30. The standard InChI is InChI=1S/C22H18F3N3O/c23-22(24,25)17-7-1-5-15(12-17)18-10-9-14-4-2-8-19(20(14)27-18)28-21(29)16-6-3-11-26-13-16/h1,3,5-7,9-13,19H,2,4,8H2,(H,28,29). The van der Waals surface area contributed by atoms with E-state index in [1.54, 1.807) is 30.5 Å². The zero-order valence-corrected chi connectivity index (χ0v) is 15.4. The number of nitrogens with one attached hydrogen (secondary N) is 1. The van der Waals surface area contributed by atoms with Crippen molar-refractivity contribution in [2.75, 3.05) is 0 Å². The zero-order valence-electron chi connectivity index (χ0n) is 15.4. The third-order valence-corrected chi connectivity index (χ3v) is 5.00. The molecule has 1 aliphatic rings. The highest BCUT2D eigenvalue weighted by Crippen LogP contribution is 2.34. The fraction of sp³-hybridized carbons (Fsp3) is 0.227. The van der Waals surface area contributed by atoms with Crippen LogP contribution in [0.5, 0.6) is 0 Å². The van der Waals surface area contributed by atoms with E-state index in [2.05, 4.69) is 15.3 Å². The molecule has 0 spiro atoms. The molecule has 0 saturated carbocycles. The summed E-state index contributed by atoms with van der Waals surface area (Å²) in [5.74, 6) is -0.248. The molecule has 2 aromatic heterocycles. The number of carbonyl (C=O) groups excluding carboxylic acids is 1. The lowest BCUT2D eigenvalue weighted by atomic mass is 9.91. The summed E-state index contributed by atoms with van der Waals surface area (Å²) in [6.07, 6.45) is 1.11. The Bertz CT molecular complexity index is 1030. The highest BCUT2D eigenvalue weighted by molar-refractivity contribution is 5.94. The van der Waals surface area contributed by atoms with Gasteiger partial charge in [0.1, 0.15) is 0 Å². The van der Waals surface area contributed by atoms with Crippen molar-refractivity contribution in [2.45, 2.75) is 31.5 Å². The van der Waals surface area contributed by atoms with E-state index in [-0.39, 0.29) is 11.9 Å². The Kier molecular flexibility index (Phi) is 5.05. The van der Waals surface area contributed by atoms with Crippen molar-refractivity contribution < 1.29 is 18.0 Å². The molecule has 29 heavy (non-hydrogen) atoms. The van der Waals surface area contributed by atoms with Crippen LogP contribution in [0.15, 0.2) is 60.9 Å². The van der Waals surface area contributed by atoms with Gasteiger partial charge in [-0.2, -0.15) is 13.2 Å². The van der Waals surface area contributed by atoms with Gasteiger partial charge in [-0.1, -0.05) is 18.2 Å². The third-order valence-electron chi connectivity index (χ3n) is 5.00. The van der Waals surface area contributed by atoms with E-state index in [9.17, 15) is 18.0 Å². The van der Waals surface area contributed by atoms with E-state index < -0.39 is 11.7 Å². The van der Waals surface area contributed by atoms with Crippen LogP contribution in [0, 0.1) is 0 Å². The summed E-state index contributed by atoms with van der Waals surface area (Å²) in [5, 5.41) is 2.98. The summed E-state index contributed by atoms with van der Waals surface area (Å²) in [6.45, 7) is 0. The van der Waals surface area contributed by atoms with Crippen molar-refractivity contribution in [2.24, 2.45) is 0 Å². The molecule has 1 amide bonds. The van der Waals surface area contributed by atoms with E-state index in [0.717, 1.165) is 37.0 Å². The predicted molar refractivity (Wildman–Crippen MR) is 102 cm³/mol. The lowest BCUT2D eigenvalue weighted by Crippen LogP contribution is -2.31. The number of nitrogens with zero attached hydrogens (tertiary/aromatic N) is 2. The molecule has 3 aromatic rings. The van der Waals surface area contributed by atoms with Crippen LogP contribution in [-0.4, -0.2) is 15.9 Å². The minimum atomic E-state index is -4.41. The summed E-state index contributed by atoms with van der Waals surface area (Å²) in [7, 11) is 0. The lowest BCUT2D eigenvalue weighted by molar-refractivity contribution is -0.137. The topological polar surface area (TPSA) is 54.9 Å². The van der Waals surface area contributed by atoms with E-state index in [1.807, 2.05) is 6.07 Å². The molecule has 4 rings (SSSR count). The molecule has 0 saturated heterocycles. The number of hydrogen-bond acceptors (Lipinski definition) is 3. The van der Waals surface area contributed by atoms with Gasteiger partial charge in [0, 0.05) is 18.0 Å². The van der Waals surface area contributed by atoms with Crippen LogP contribution in [0.4, 0.5) is 13.2 Å². The smallest absolute Gasteiger partial charge is 0.344 e. The predicted octanol–water partition coefficient (Wildman–Crippen LogP) is 4.97. The first kappa shape index (κ1) is 19.1. The van der Waals surface area contributed by atoms with Gasteiger partial charge >= 0.3 is 6.18 Å². The summed E-state index contributed by atoms with van der Waals surface area (Å²) < 4.78 is 39.2. The van der Waals surface area contributed by atoms with E-state index >= 15 is 0 Å². The van der Waals surface area contributed by atoms with Gasteiger partial charge < -0.3 is 5.32 Å². The first-order valence-corrected chi connectivity index (χ1v) is 9.30. The number of alkyl halides is 3. The second-order valence-electron chi connectivity index (χ2n) is 6.98. The SMILES string of the molecule is O=C(NC1CCCc2ccc(-c3cccc(C(F)(F)F)c3)nc21)c1cccnc1. The minimum Gasteiger partial charge on any atom is -0.344 e. The van der Waals surface area contributed by atoms with Gasteiger partial charge in [0.05, 0.1) is 28.6 Å². The summed E-state index contributed by atoms with van der Waals surface area (Å²) >= 11 is 0. The number of benzene rings is 1. The molecule has 1 aromatic carbocycles. The van der Waals surface area contributed by atoms with Crippen molar-refractivity contribution in [1.29, 1.82) is 0 Å². The van der Waals surface area contributed by atoms with Crippen LogP contribution in [0.1, 0.15) is 46.1 Å². The van der Waals surface area contributed by atoms with Crippen molar-refractivity contribution in [3.8, 4) is 11.3 Å². The van der Waals surface area contributed by atoms with Gasteiger partial charge in [-0.05, 0) is 55.2 Å². The molecule has 148 valence electrons. The highest BCUT2D eigenvalue weighted by atomic mass is 19.4. The van der Waals surface area contributed by atoms with Crippen LogP contribution in [0.2, 0.25) is 0 Å². The van der Waals surface area contributed by atoms with E-state index in [1.165, 1.54) is 12.3 Å². The number of aromatic nitrogens is 2. The molecular formula is C22H18F3N3O. The van der Waals surface area contributed by atoms with Gasteiger partial charge in [0.25, 0.3) is 5.91 Å². The van der Waals surface area contributed by atoms with Gasteiger partial charge in [-0.3, -0.25) is 14.8 Å². The first-order chi connectivity index (χ1) is 13.9. The van der Waals surface area contributed by atoms with Gasteiger partial charge in [0.2, 0.25) is 0 Å². The Labute approximate surface area is 165 Å². The molecule has 2 heterocycles. The number of hydrogen-bond donors (Lipinski definition) is 1. The van der Waals surface area contributed by atoms with Gasteiger partial charge in [-0.25, -0.2) is 0 Å². The van der Waals surface area contributed by atoms with Gasteiger partial charge in [-0.15, -0.1) is 0 Å². The lowest BCUT2D eigenvalue weighted by Gasteiger charge is -2.26. The average molecular weight is 397 g/mol. The Morgan fingerprint density at radius 1 is 1.10 bits per heavy atom. The molecule has 0 radical (unpaired) electrons. The van der Waals surface area contributed by atoms with Crippen molar-refractivity contribution in [1.82, 2.24) is 15.3 Å². The Morgan fingerprint density at radius 2 is 1.97 bits per heavy atom. The van der Waals surface area contributed by atoms with Crippen molar-refractivity contribution in [3.05, 3.63) is 83.3 Å². The second-order valence-corrected chi connectivity index (χ2v) is 6.98. The van der Waals surface area contributed by atoms with Crippen molar-refractivity contribution >= 4 is 5.91 Å². The quantitative estimate of drug-likeness (QED) is 0.679. The van der Waals surface area contributed by atoms with E-state index in [0.29, 0.717) is 22.5 Å². The van der Waals surface area contributed by atoms with Gasteiger partial charge in [0.15, 0.2) is 0 Å². The Morgan fingerprint density at radius 3 is 2.72 bits per heavy atom. The number of pyridine rings is 2.